The van der Waals surface area contributed by atoms with Crippen LogP contribution in [-0.2, 0) is 0 Å². The van der Waals surface area contributed by atoms with Gasteiger partial charge in [0.25, 0.3) is 0 Å². The van der Waals surface area contributed by atoms with Crippen molar-refractivity contribution in [2.24, 2.45) is 5.92 Å². The summed E-state index contributed by atoms with van der Waals surface area (Å²) in [5.74, 6) is 1.07. The van der Waals surface area contributed by atoms with E-state index in [-0.39, 0.29) is 0 Å². The minimum Gasteiger partial charge on any atom is -0.314 e. The third-order valence-electron chi connectivity index (χ3n) is 3.75. The van der Waals surface area contributed by atoms with E-state index in [0.29, 0.717) is 0 Å². The lowest BCUT2D eigenvalue weighted by molar-refractivity contribution is 0.383. The molecule has 0 aromatic heterocycles. The number of hydrogen-bond donors (Lipinski definition) is 1. The fraction of sp³-hybridized carbons (Fsp3) is 1.00. The van der Waals surface area contributed by atoms with Gasteiger partial charge in [0.2, 0.25) is 0 Å². The maximum absolute atomic E-state index is 3.71. The van der Waals surface area contributed by atoms with E-state index in [2.05, 4.69) is 5.32 Å². The molecule has 0 aromatic carbocycles. The predicted octanol–water partition coefficient (Wildman–Crippen LogP) is 3.10. The lowest BCUT2D eigenvalue weighted by Gasteiger charge is -2.19. The largest absolute Gasteiger partial charge is 0.314 e. The molecule has 0 spiro atoms. The Bertz CT molecular complexity index is 130. The molecule has 0 bridgehead atoms. The summed E-state index contributed by atoms with van der Waals surface area (Å²) < 4.78 is 0. The van der Waals surface area contributed by atoms with E-state index in [4.69, 9.17) is 0 Å². The maximum Gasteiger partial charge on any atom is 0.00697 e. The molecule has 0 radical (unpaired) electrons. The zero-order valence-electron chi connectivity index (χ0n) is 8.73. The zero-order valence-corrected chi connectivity index (χ0v) is 8.73. The Balaban J connectivity index is 1.71. The van der Waals surface area contributed by atoms with Crippen LogP contribution in [0.25, 0.3) is 0 Å². The quantitative estimate of drug-likeness (QED) is 0.690. The van der Waals surface area contributed by atoms with Crippen LogP contribution in [0.2, 0.25) is 0 Å². The first-order chi connectivity index (χ1) is 6.45. The van der Waals surface area contributed by atoms with Gasteiger partial charge in [0, 0.05) is 6.04 Å². The van der Waals surface area contributed by atoms with Crippen LogP contribution in [-0.4, -0.2) is 12.6 Å². The van der Waals surface area contributed by atoms with Crippen LogP contribution < -0.4 is 5.32 Å². The molecule has 1 N–H and O–H groups in total. The van der Waals surface area contributed by atoms with Crippen molar-refractivity contribution in [3.8, 4) is 0 Å². The highest BCUT2D eigenvalue weighted by molar-refractivity contribution is 4.77. The summed E-state index contributed by atoms with van der Waals surface area (Å²) in [5, 5.41) is 3.71. The van der Waals surface area contributed by atoms with Crippen molar-refractivity contribution < 1.29 is 0 Å². The highest BCUT2D eigenvalue weighted by atomic mass is 14.9. The molecule has 1 aliphatic carbocycles. The van der Waals surface area contributed by atoms with Crippen LogP contribution in [0.1, 0.15) is 57.8 Å². The van der Waals surface area contributed by atoms with Crippen LogP contribution in [0.3, 0.4) is 0 Å². The van der Waals surface area contributed by atoms with E-state index in [1.165, 1.54) is 64.3 Å². The third-order valence-corrected chi connectivity index (χ3v) is 3.75. The van der Waals surface area contributed by atoms with Crippen LogP contribution in [0.15, 0.2) is 0 Å². The van der Waals surface area contributed by atoms with Crippen molar-refractivity contribution >= 4 is 0 Å². The second-order valence-electron chi connectivity index (χ2n) is 4.89. The van der Waals surface area contributed by atoms with Gasteiger partial charge < -0.3 is 5.32 Å². The van der Waals surface area contributed by atoms with Crippen molar-refractivity contribution in [3.05, 3.63) is 0 Å². The number of rotatable bonds is 2. The molecule has 76 valence electrons. The standard InChI is InChI=1S/C12H23N/c1-2-8-12(13-9-5-1)10-11-6-3-4-7-11/h11-13H,1-10H2. The Morgan fingerprint density at radius 3 is 2.46 bits per heavy atom. The Hall–Kier alpha value is -0.0400. The van der Waals surface area contributed by atoms with Gasteiger partial charge in [-0.2, -0.15) is 0 Å². The highest BCUT2D eigenvalue weighted by Gasteiger charge is 2.20. The molecule has 1 saturated heterocycles. The molecule has 1 nitrogen and oxygen atoms in total. The van der Waals surface area contributed by atoms with Crippen LogP contribution in [0, 0.1) is 5.92 Å². The summed E-state index contributed by atoms with van der Waals surface area (Å²) in [6, 6.07) is 0.866. The molecule has 2 fully saturated rings. The van der Waals surface area contributed by atoms with Crippen molar-refractivity contribution in [3.63, 3.8) is 0 Å². The molecule has 0 amide bonds. The van der Waals surface area contributed by atoms with Crippen molar-refractivity contribution in [1.29, 1.82) is 0 Å². The van der Waals surface area contributed by atoms with Crippen LogP contribution in [0.5, 0.6) is 0 Å². The number of nitrogens with one attached hydrogen (secondary N) is 1. The summed E-state index contributed by atoms with van der Waals surface area (Å²) >= 11 is 0. The molecule has 13 heavy (non-hydrogen) atoms. The van der Waals surface area contributed by atoms with Gasteiger partial charge >= 0.3 is 0 Å². The van der Waals surface area contributed by atoms with E-state index < -0.39 is 0 Å². The molecule has 1 unspecified atom stereocenters. The topological polar surface area (TPSA) is 12.0 Å². The van der Waals surface area contributed by atoms with E-state index in [1.54, 1.807) is 0 Å². The molecule has 0 aromatic rings. The first-order valence-electron chi connectivity index (χ1n) is 6.18. The molecule has 1 heteroatoms. The van der Waals surface area contributed by atoms with E-state index in [1.807, 2.05) is 0 Å². The molecular formula is C12H23N. The summed E-state index contributed by atoms with van der Waals surface area (Å²) in [7, 11) is 0. The lowest BCUT2D eigenvalue weighted by atomic mass is 9.96. The number of hydrogen-bond acceptors (Lipinski definition) is 1. The summed E-state index contributed by atoms with van der Waals surface area (Å²) in [6.45, 7) is 1.28. The third kappa shape index (κ3) is 2.98. The van der Waals surface area contributed by atoms with Crippen molar-refractivity contribution in [2.45, 2.75) is 63.8 Å². The summed E-state index contributed by atoms with van der Waals surface area (Å²) in [6.07, 6.45) is 13.3. The SMILES string of the molecule is C1CCNC(CC2CCCC2)CC1. The van der Waals surface area contributed by atoms with Crippen molar-refractivity contribution in [1.82, 2.24) is 5.32 Å². The molecule has 1 saturated carbocycles. The molecule has 2 rings (SSSR count). The predicted molar refractivity (Wildman–Crippen MR) is 56.8 cm³/mol. The van der Waals surface area contributed by atoms with Gasteiger partial charge in [-0.1, -0.05) is 38.5 Å². The van der Waals surface area contributed by atoms with Gasteiger partial charge in [-0.15, -0.1) is 0 Å². The Labute approximate surface area is 82.3 Å². The minimum absolute atomic E-state index is 0.866. The monoisotopic (exact) mass is 181 g/mol. The second-order valence-corrected chi connectivity index (χ2v) is 4.89. The maximum atomic E-state index is 3.71. The van der Waals surface area contributed by atoms with E-state index in [0.717, 1.165) is 12.0 Å². The van der Waals surface area contributed by atoms with E-state index in [9.17, 15) is 0 Å². The van der Waals surface area contributed by atoms with Crippen LogP contribution >= 0.6 is 0 Å². The zero-order chi connectivity index (χ0) is 8.93. The van der Waals surface area contributed by atoms with E-state index >= 15 is 0 Å². The summed E-state index contributed by atoms with van der Waals surface area (Å²) in [4.78, 5) is 0. The lowest BCUT2D eigenvalue weighted by Crippen LogP contribution is -2.29. The fourth-order valence-corrected chi connectivity index (χ4v) is 2.95. The highest BCUT2D eigenvalue weighted by Crippen LogP contribution is 2.29. The average molecular weight is 181 g/mol. The Kier molecular flexibility index (Phi) is 3.65. The van der Waals surface area contributed by atoms with Gasteiger partial charge in [-0.05, 0) is 31.7 Å². The fourth-order valence-electron chi connectivity index (χ4n) is 2.95. The van der Waals surface area contributed by atoms with Crippen LogP contribution in [0.4, 0.5) is 0 Å². The van der Waals surface area contributed by atoms with Gasteiger partial charge in [0.1, 0.15) is 0 Å². The first-order valence-corrected chi connectivity index (χ1v) is 6.18. The summed E-state index contributed by atoms with van der Waals surface area (Å²) in [5.41, 5.74) is 0. The van der Waals surface area contributed by atoms with Gasteiger partial charge in [-0.3, -0.25) is 0 Å². The minimum atomic E-state index is 0.866. The second kappa shape index (κ2) is 4.99. The van der Waals surface area contributed by atoms with Gasteiger partial charge in [-0.25, -0.2) is 0 Å². The molecule has 1 heterocycles. The molecule has 1 atom stereocenters. The smallest absolute Gasteiger partial charge is 0.00697 e. The molecular weight excluding hydrogens is 158 g/mol. The van der Waals surface area contributed by atoms with Gasteiger partial charge in [0.05, 0.1) is 0 Å². The Morgan fingerprint density at radius 2 is 1.62 bits per heavy atom. The normalized spacial score (nSPS) is 31.8. The molecule has 1 aliphatic heterocycles. The molecule has 2 aliphatic rings. The average Bonchev–Trinajstić information content (AvgIpc) is 2.49. The van der Waals surface area contributed by atoms with Gasteiger partial charge in [0.15, 0.2) is 0 Å². The Morgan fingerprint density at radius 1 is 0.846 bits per heavy atom. The van der Waals surface area contributed by atoms with Crippen molar-refractivity contribution in [2.75, 3.05) is 6.54 Å². The first kappa shape index (κ1) is 9.51.